The topological polar surface area (TPSA) is 91.6 Å². The number of aryl methyl sites for hydroxylation is 4. The van der Waals surface area contributed by atoms with Crippen molar-refractivity contribution in [2.24, 2.45) is 12.8 Å². The molecule has 3 heterocycles. The fourth-order valence-corrected chi connectivity index (χ4v) is 3.19. The fraction of sp³-hybridized carbons (Fsp3) is 0.368. The first kappa shape index (κ1) is 23.3. The van der Waals surface area contributed by atoms with Gasteiger partial charge in [0.05, 0.1) is 11.4 Å². The van der Waals surface area contributed by atoms with Gasteiger partial charge in [0, 0.05) is 25.5 Å². The van der Waals surface area contributed by atoms with Crippen LogP contribution < -0.4 is 5.73 Å². The van der Waals surface area contributed by atoms with E-state index in [9.17, 15) is 31.1 Å². The number of hydrogen-bond acceptors (Lipinski definition) is 4. The Kier molecular flexibility index (Phi) is 6.03. The van der Waals surface area contributed by atoms with E-state index in [1.807, 2.05) is 6.20 Å². The van der Waals surface area contributed by atoms with E-state index in [1.165, 1.54) is 17.9 Å². The second kappa shape index (κ2) is 8.28. The number of nitrogens with zero attached hydrogens (tertiary/aromatic N) is 5. The van der Waals surface area contributed by atoms with Crippen LogP contribution in [0.1, 0.15) is 45.1 Å². The molecule has 3 aromatic heterocycles. The maximum Gasteiger partial charge on any atom is 0.435 e. The molecule has 13 heteroatoms. The largest absolute Gasteiger partial charge is 0.435 e. The molecule has 0 saturated carbocycles. The summed E-state index contributed by atoms with van der Waals surface area (Å²) >= 11 is 0. The number of aromatic nitrogens is 5. The van der Waals surface area contributed by atoms with Crippen LogP contribution in [0.4, 0.5) is 26.3 Å². The van der Waals surface area contributed by atoms with Crippen molar-refractivity contribution in [1.82, 2.24) is 24.5 Å². The number of rotatable bonds is 2. The molecule has 0 aromatic carbocycles. The van der Waals surface area contributed by atoms with E-state index in [2.05, 4.69) is 15.2 Å². The predicted molar refractivity (Wildman–Crippen MR) is 99.9 cm³/mol. The number of carbonyl (C=O) groups excluding carboxylic acids is 1. The van der Waals surface area contributed by atoms with Crippen LogP contribution in [0.2, 0.25) is 0 Å². The number of amides is 1. The highest BCUT2D eigenvalue weighted by Gasteiger charge is 2.35. The lowest BCUT2D eigenvalue weighted by Gasteiger charge is -2.10. The highest BCUT2D eigenvalue weighted by atomic mass is 19.4. The van der Waals surface area contributed by atoms with Crippen molar-refractivity contribution in [1.29, 1.82) is 0 Å². The summed E-state index contributed by atoms with van der Waals surface area (Å²) in [5, 5.41) is 7.46. The summed E-state index contributed by atoms with van der Waals surface area (Å²) in [6, 6.07) is 1.67. The number of pyridine rings is 1. The SMILES string of the molecule is Cc1cnc(C(F)(F)F)cc1-n1cc2c(n1)CCC2.Cn1nc(C(F)(F)F)cc1C(N)=O. The third kappa shape index (κ3) is 4.92. The van der Waals surface area contributed by atoms with Gasteiger partial charge in [0.25, 0.3) is 5.91 Å². The first-order chi connectivity index (χ1) is 14.8. The highest BCUT2D eigenvalue weighted by Crippen LogP contribution is 2.30. The number of primary amides is 1. The number of alkyl halides is 6. The average molecular weight is 460 g/mol. The maximum absolute atomic E-state index is 12.7. The molecule has 0 spiro atoms. The second-order valence-corrected chi connectivity index (χ2v) is 7.15. The van der Waals surface area contributed by atoms with Gasteiger partial charge in [0.15, 0.2) is 5.69 Å². The molecule has 3 aromatic rings. The average Bonchev–Trinajstić information content (AvgIpc) is 3.35. The zero-order chi connectivity index (χ0) is 23.8. The number of halogens is 6. The zero-order valence-electron chi connectivity index (χ0n) is 16.9. The Bertz CT molecular complexity index is 1120. The normalized spacial score (nSPS) is 13.5. The number of carbonyl (C=O) groups is 1. The van der Waals surface area contributed by atoms with Gasteiger partial charge < -0.3 is 5.73 Å². The summed E-state index contributed by atoms with van der Waals surface area (Å²) in [6.07, 6.45) is -2.99. The number of nitrogens with two attached hydrogens (primary N) is 1. The first-order valence-electron chi connectivity index (χ1n) is 9.30. The summed E-state index contributed by atoms with van der Waals surface area (Å²) in [7, 11) is 1.22. The van der Waals surface area contributed by atoms with Crippen molar-refractivity contribution in [2.75, 3.05) is 0 Å². The Hall–Kier alpha value is -3.38. The van der Waals surface area contributed by atoms with Gasteiger partial charge in [-0.25, -0.2) is 4.68 Å². The standard InChI is InChI=1S/C13H12F3N3.C6H6F3N3O/c1-8-6-17-12(13(14,15)16)5-11(8)19-7-9-3-2-4-10(9)18-19;1-12-3(5(10)13)2-4(11-12)6(7,8)9/h5-7H,2-4H2,1H3;2H,1H3,(H2,10,13). The Labute approximate surface area is 177 Å². The van der Waals surface area contributed by atoms with Crippen LogP contribution in [-0.4, -0.2) is 30.5 Å². The summed E-state index contributed by atoms with van der Waals surface area (Å²) in [4.78, 5) is 14.0. The quantitative estimate of drug-likeness (QED) is 0.592. The summed E-state index contributed by atoms with van der Waals surface area (Å²) in [5.41, 5.74) is 5.76. The predicted octanol–water partition coefficient (Wildman–Crippen LogP) is 3.62. The van der Waals surface area contributed by atoms with Gasteiger partial charge >= 0.3 is 12.4 Å². The molecule has 0 atom stereocenters. The molecular weight excluding hydrogens is 442 g/mol. The van der Waals surface area contributed by atoms with Gasteiger partial charge in [-0.15, -0.1) is 0 Å². The zero-order valence-corrected chi connectivity index (χ0v) is 16.9. The van der Waals surface area contributed by atoms with E-state index < -0.39 is 29.6 Å². The monoisotopic (exact) mass is 460 g/mol. The lowest BCUT2D eigenvalue weighted by Crippen LogP contribution is -2.15. The van der Waals surface area contributed by atoms with Crippen molar-refractivity contribution >= 4 is 5.91 Å². The van der Waals surface area contributed by atoms with Crippen LogP contribution in [-0.2, 0) is 32.2 Å². The van der Waals surface area contributed by atoms with Gasteiger partial charge in [0.2, 0.25) is 0 Å². The van der Waals surface area contributed by atoms with Crippen LogP contribution in [0.25, 0.3) is 5.69 Å². The molecule has 0 fully saturated rings. The summed E-state index contributed by atoms with van der Waals surface area (Å²) in [5.74, 6) is -0.939. The van der Waals surface area contributed by atoms with Crippen LogP contribution in [0.3, 0.4) is 0 Å². The first-order valence-corrected chi connectivity index (χ1v) is 9.30. The molecule has 0 saturated heterocycles. The smallest absolute Gasteiger partial charge is 0.364 e. The van der Waals surface area contributed by atoms with Crippen LogP contribution in [0.15, 0.2) is 24.5 Å². The van der Waals surface area contributed by atoms with Crippen molar-refractivity contribution in [3.63, 3.8) is 0 Å². The molecule has 4 rings (SSSR count). The van der Waals surface area contributed by atoms with Crippen molar-refractivity contribution in [2.45, 2.75) is 38.5 Å². The fourth-order valence-electron chi connectivity index (χ4n) is 3.19. The molecule has 32 heavy (non-hydrogen) atoms. The molecule has 0 unspecified atom stereocenters. The second-order valence-electron chi connectivity index (χ2n) is 7.15. The van der Waals surface area contributed by atoms with Crippen molar-refractivity contribution < 1.29 is 31.1 Å². The van der Waals surface area contributed by atoms with E-state index in [0.717, 1.165) is 41.3 Å². The Morgan fingerprint density at radius 1 is 1.03 bits per heavy atom. The maximum atomic E-state index is 12.7. The van der Waals surface area contributed by atoms with Gasteiger partial charge in [-0.3, -0.25) is 14.5 Å². The van der Waals surface area contributed by atoms with Crippen molar-refractivity contribution in [3.05, 3.63) is 58.4 Å². The molecule has 1 aliphatic carbocycles. The van der Waals surface area contributed by atoms with Gasteiger partial charge in [-0.2, -0.15) is 36.5 Å². The Morgan fingerprint density at radius 3 is 2.19 bits per heavy atom. The Balaban J connectivity index is 0.000000195. The third-order valence-electron chi connectivity index (χ3n) is 4.77. The summed E-state index contributed by atoms with van der Waals surface area (Å²) < 4.78 is 76.4. The molecule has 172 valence electrons. The number of hydrogen-bond donors (Lipinski definition) is 1. The minimum atomic E-state index is -4.55. The minimum Gasteiger partial charge on any atom is -0.364 e. The van der Waals surface area contributed by atoms with Crippen LogP contribution in [0.5, 0.6) is 0 Å². The van der Waals surface area contributed by atoms with Gasteiger partial charge in [-0.1, -0.05) is 0 Å². The number of fused-ring (bicyclic) bond motifs is 1. The van der Waals surface area contributed by atoms with E-state index in [-0.39, 0.29) is 5.69 Å². The molecule has 2 N–H and O–H groups in total. The van der Waals surface area contributed by atoms with E-state index in [0.29, 0.717) is 17.3 Å². The van der Waals surface area contributed by atoms with E-state index >= 15 is 0 Å². The third-order valence-corrected chi connectivity index (χ3v) is 4.77. The molecular formula is C19H18F6N6O. The van der Waals surface area contributed by atoms with Gasteiger partial charge in [-0.05, 0) is 43.4 Å². The lowest BCUT2D eigenvalue weighted by atomic mass is 10.2. The highest BCUT2D eigenvalue weighted by molar-refractivity contribution is 5.91. The van der Waals surface area contributed by atoms with Crippen LogP contribution >= 0.6 is 0 Å². The summed E-state index contributed by atoms with van der Waals surface area (Å²) in [6.45, 7) is 1.73. The molecule has 0 radical (unpaired) electrons. The van der Waals surface area contributed by atoms with E-state index in [4.69, 9.17) is 5.73 Å². The van der Waals surface area contributed by atoms with E-state index in [1.54, 1.807) is 6.92 Å². The molecule has 7 nitrogen and oxygen atoms in total. The molecule has 1 amide bonds. The minimum absolute atomic E-state index is 0.271. The van der Waals surface area contributed by atoms with Crippen molar-refractivity contribution in [3.8, 4) is 5.69 Å². The molecule has 1 aliphatic rings. The molecule has 0 aliphatic heterocycles. The Morgan fingerprint density at radius 2 is 1.69 bits per heavy atom. The molecule has 0 bridgehead atoms. The lowest BCUT2D eigenvalue weighted by molar-refractivity contribution is -0.142. The van der Waals surface area contributed by atoms with Gasteiger partial charge in [0.1, 0.15) is 11.4 Å². The van der Waals surface area contributed by atoms with Crippen LogP contribution in [0, 0.1) is 6.92 Å².